The van der Waals surface area contributed by atoms with Gasteiger partial charge >= 0.3 is 0 Å². The molecule has 1 aliphatic heterocycles. The predicted octanol–water partition coefficient (Wildman–Crippen LogP) is 2.74. The van der Waals surface area contributed by atoms with Crippen molar-refractivity contribution in [1.82, 2.24) is 5.32 Å². The van der Waals surface area contributed by atoms with Crippen molar-refractivity contribution < 1.29 is 9.47 Å². The van der Waals surface area contributed by atoms with Gasteiger partial charge in [0.2, 0.25) is 0 Å². The third kappa shape index (κ3) is 3.12. The van der Waals surface area contributed by atoms with Crippen LogP contribution in [0.1, 0.15) is 25.3 Å². The standard InChI is InChI=1S/C14H17ClN2O2/c1-14(3-5-17-6-4-14)19-13-11(15)7-10(9-16)8-12(13)18-2/h7-8,17H,3-6H2,1-2H3. The van der Waals surface area contributed by atoms with E-state index in [4.69, 9.17) is 26.3 Å². The molecule has 0 saturated carbocycles. The average Bonchev–Trinajstić information content (AvgIpc) is 2.41. The molecule has 0 aromatic heterocycles. The molecule has 1 aliphatic rings. The molecule has 0 radical (unpaired) electrons. The van der Waals surface area contributed by atoms with E-state index in [1.54, 1.807) is 19.2 Å². The zero-order valence-corrected chi connectivity index (χ0v) is 11.9. The van der Waals surface area contributed by atoms with Gasteiger partial charge in [0.05, 0.1) is 23.8 Å². The Hall–Kier alpha value is -1.44. The summed E-state index contributed by atoms with van der Waals surface area (Å²) in [5, 5.41) is 12.6. The smallest absolute Gasteiger partial charge is 0.180 e. The van der Waals surface area contributed by atoms with E-state index in [2.05, 4.69) is 18.3 Å². The summed E-state index contributed by atoms with van der Waals surface area (Å²) < 4.78 is 11.4. The molecule has 0 aliphatic carbocycles. The normalized spacial score (nSPS) is 17.6. The summed E-state index contributed by atoms with van der Waals surface area (Å²) >= 11 is 6.20. The molecule has 0 bridgehead atoms. The highest BCUT2D eigenvalue weighted by atomic mass is 35.5. The van der Waals surface area contributed by atoms with Crippen LogP contribution in [-0.4, -0.2) is 25.8 Å². The minimum atomic E-state index is -0.254. The monoisotopic (exact) mass is 280 g/mol. The van der Waals surface area contributed by atoms with Gasteiger partial charge in [-0.1, -0.05) is 11.6 Å². The maximum absolute atomic E-state index is 8.93. The van der Waals surface area contributed by atoms with Crippen LogP contribution in [0.2, 0.25) is 5.02 Å². The van der Waals surface area contributed by atoms with Crippen LogP contribution in [0.5, 0.6) is 11.5 Å². The second kappa shape index (κ2) is 5.68. The number of hydrogen-bond acceptors (Lipinski definition) is 4. The number of methoxy groups -OCH3 is 1. The molecule has 2 rings (SSSR count). The van der Waals surface area contributed by atoms with Gasteiger partial charge in [-0.05, 0) is 38.9 Å². The molecule has 1 fully saturated rings. The summed E-state index contributed by atoms with van der Waals surface area (Å²) in [5.41, 5.74) is 0.209. The Bertz CT molecular complexity index is 505. The lowest BCUT2D eigenvalue weighted by Crippen LogP contribution is -2.43. The maximum Gasteiger partial charge on any atom is 0.180 e. The van der Waals surface area contributed by atoms with Crippen molar-refractivity contribution in [3.63, 3.8) is 0 Å². The molecule has 1 aromatic carbocycles. The largest absolute Gasteiger partial charge is 0.493 e. The second-order valence-electron chi connectivity index (χ2n) is 4.90. The predicted molar refractivity (Wildman–Crippen MR) is 73.9 cm³/mol. The molecule has 0 spiro atoms. The number of hydrogen-bond donors (Lipinski definition) is 1. The average molecular weight is 281 g/mol. The van der Waals surface area contributed by atoms with E-state index in [0.29, 0.717) is 22.1 Å². The number of ether oxygens (including phenoxy) is 2. The van der Waals surface area contributed by atoms with Gasteiger partial charge in [-0.25, -0.2) is 0 Å². The number of piperidine rings is 1. The first-order valence-electron chi connectivity index (χ1n) is 6.25. The Morgan fingerprint density at radius 1 is 1.37 bits per heavy atom. The van der Waals surface area contributed by atoms with Crippen LogP contribution in [0.3, 0.4) is 0 Å². The Morgan fingerprint density at radius 3 is 2.63 bits per heavy atom. The molecule has 102 valence electrons. The molecule has 19 heavy (non-hydrogen) atoms. The van der Waals surface area contributed by atoms with Crippen molar-refractivity contribution in [2.75, 3.05) is 20.2 Å². The Balaban J connectivity index is 2.31. The highest BCUT2D eigenvalue weighted by Gasteiger charge is 2.30. The lowest BCUT2D eigenvalue weighted by Gasteiger charge is -2.35. The van der Waals surface area contributed by atoms with Gasteiger partial charge in [-0.2, -0.15) is 5.26 Å². The van der Waals surface area contributed by atoms with Gasteiger partial charge < -0.3 is 14.8 Å². The summed E-state index contributed by atoms with van der Waals surface area (Å²) in [4.78, 5) is 0. The van der Waals surface area contributed by atoms with Crippen LogP contribution >= 0.6 is 11.6 Å². The summed E-state index contributed by atoms with van der Waals surface area (Å²) in [7, 11) is 1.55. The summed E-state index contributed by atoms with van der Waals surface area (Å²) in [6, 6.07) is 5.30. The van der Waals surface area contributed by atoms with Crippen molar-refractivity contribution >= 4 is 11.6 Å². The number of nitrogens with one attached hydrogen (secondary N) is 1. The topological polar surface area (TPSA) is 54.3 Å². The van der Waals surface area contributed by atoms with E-state index < -0.39 is 0 Å². The fourth-order valence-corrected chi connectivity index (χ4v) is 2.44. The van der Waals surface area contributed by atoms with Gasteiger partial charge in [-0.15, -0.1) is 0 Å². The number of benzene rings is 1. The van der Waals surface area contributed by atoms with Gasteiger partial charge in [0.15, 0.2) is 11.5 Å². The third-order valence-corrected chi connectivity index (χ3v) is 3.65. The number of halogens is 1. The van der Waals surface area contributed by atoms with Crippen LogP contribution in [0.15, 0.2) is 12.1 Å². The zero-order chi connectivity index (χ0) is 13.9. The molecule has 1 aromatic rings. The number of nitrogens with zero attached hydrogens (tertiary/aromatic N) is 1. The van der Waals surface area contributed by atoms with Gasteiger partial charge in [-0.3, -0.25) is 0 Å². The van der Waals surface area contributed by atoms with E-state index in [-0.39, 0.29) is 5.60 Å². The van der Waals surface area contributed by atoms with E-state index in [1.807, 2.05) is 0 Å². The molecular formula is C14H17ClN2O2. The van der Waals surface area contributed by atoms with Crippen LogP contribution in [0.25, 0.3) is 0 Å². The van der Waals surface area contributed by atoms with Crippen molar-refractivity contribution in [3.8, 4) is 17.6 Å². The molecule has 4 nitrogen and oxygen atoms in total. The Kier molecular flexibility index (Phi) is 4.18. The van der Waals surface area contributed by atoms with Gasteiger partial charge in [0, 0.05) is 6.07 Å². The van der Waals surface area contributed by atoms with Crippen LogP contribution in [-0.2, 0) is 0 Å². The van der Waals surface area contributed by atoms with E-state index in [9.17, 15) is 0 Å². The Labute approximate surface area is 118 Å². The van der Waals surface area contributed by atoms with Crippen LogP contribution in [0.4, 0.5) is 0 Å². The van der Waals surface area contributed by atoms with Crippen molar-refractivity contribution in [2.24, 2.45) is 0 Å². The molecule has 1 heterocycles. The second-order valence-corrected chi connectivity index (χ2v) is 5.31. The highest BCUT2D eigenvalue weighted by Crippen LogP contribution is 2.40. The minimum Gasteiger partial charge on any atom is -0.493 e. The van der Waals surface area contributed by atoms with E-state index in [0.717, 1.165) is 25.9 Å². The van der Waals surface area contributed by atoms with E-state index in [1.165, 1.54) is 0 Å². The Morgan fingerprint density at radius 2 is 2.05 bits per heavy atom. The maximum atomic E-state index is 8.93. The van der Waals surface area contributed by atoms with Crippen LogP contribution < -0.4 is 14.8 Å². The first-order chi connectivity index (χ1) is 9.08. The zero-order valence-electron chi connectivity index (χ0n) is 11.1. The quantitative estimate of drug-likeness (QED) is 0.925. The fraction of sp³-hybridized carbons (Fsp3) is 0.500. The molecule has 1 saturated heterocycles. The summed E-state index contributed by atoms with van der Waals surface area (Å²) in [6.45, 7) is 3.92. The number of nitriles is 1. The van der Waals surface area contributed by atoms with Gasteiger partial charge in [0.25, 0.3) is 0 Å². The highest BCUT2D eigenvalue weighted by molar-refractivity contribution is 6.32. The van der Waals surface area contributed by atoms with E-state index >= 15 is 0 Å². The molecule has 0 atom stereocenters. The summed E-state index contributed by atoms with van der Waals surface area (Å²) in [5.74, 6) is 1.02. The fourth-order valence-electron chi connectivity index (χ4n) is 2.19. The number of rotatable bonds is 3. The van der Waals surface area contributed by atoms with Crippen molar-refractivity contribution in [3.05, 3.63) is 22.7 Å². The lowest BCUT2D eigenvalue weighted by atomic mass is 9.94. The van der Waals surface area contributed by atoms with Crippen molar-refractivity contribution in [1.29, 1.82) is 5.26 Å². The van der Waals surface area contributed by atoms with Crippen molar-refractivity contribution in [2.45, 2.75) is 25.4 Å². The molecule has 0 amide bonds. The molecule has 5 heteroatoms. The lowest BCUT2D eigenvalue weighted by molar-refractivity contribution is 0.0528. The SMILES string of the molecule is COc1cc(C#N)cc(Cl)c1OC1(C)CCNCC1. The summed E-state index contributed by atoms with van der Waals surface area (Å²) in [6.07, 6.45) is 1.82. The molecular weight excluding hydrogens is 264 g/mol. The molecule has 1 N–H and O–H groups in total. The first kappa shape index (κ1) is 14.0. The molecule has 0 unspecified atom stereocenters. The first-order valence-corrected chi connectivity index (χ1v) is 6.63. The third-order valence-electron chi connectivity index (χ3n) is 3.37. The van der Waals surface area contributed by atoms with Crippen LogP contribution in [0, 0.1) is 11.3 Å². The minimum absolute atomic E-state index is 0.254. The van der Waals surface area contributed by atoms with Gasteiger partial charge in [0.1, 0.15) is 5.60 Å².